The summed E-state index contributed by atoms with van der Waals surface area (Å²) >= 11 is 0. The minimum Gasteiger partial charge on any atom is -0.497 e. The quantitative estimate of drug-likeness (QED) is 0.242. The molecule has 0 aliphatic carbocycles. The molecule has 188 valence electrons. The van der Waals surface area contributed by atoms with Gasteiger partial charge in [-0.3, -0.25) is 4.79 Å². The van der Waals surface area contributed by atoms with Crippen LogP contribution in [0.5, 0.6) is 11.5 Å². The number of hydrogen-bond acceptors (Lipinski definition) is 4. The number of benzene rings is 3. The van der Waals surface area contributed by atoms with Crippen LogP contribution in [0.3, 0.4) is 0 Å². The highest BCUT2D eigenvalue weighted by Crippen LogP contribution is 2.19. The maximum Gasteiger partial charge on any atom is 0.251 e. The number of carbonyl (C=O) groups is 1. The van der Waals surface area contributed by atoms with E-state index in [2.05, 4.69) is 47.1 Å². The number of nitrogens with one attached hydrogen (secondary N) is 1. The third-order valence-electron chi connectivity index (χ3n) is 6.36. The molecule has 0 aliphatic heterocycles. The Morgan fingerprint density at radius 2 is 1.67 bits per heavy atom. The van der Waals surface area contributed by atoms with Crippen molar-refractivity contribution in [3.8, 4) is 11.5 Å². The van der Waals surface area contributed by atoms with Crippen molar-refractivity contribution in [1.82, 2.24) is 14.9 Å². The van der Waals surface area contributed by atoms with Crippen molar-refractivity contribution in [2.24, 2.45) is 0 Å². The van der Waals surface area contributed by atoms with E-state index < -0.39 is 0 Å². The molecule has 6 heteroatoms. The van der Waals surface area contributed by atoms with Gasteiger partial charge < -0.3 is 19.4 Å². The molecule has 1 aromatic heterocycles. The lowest BCUT2D eigenvalue weighted by Crippen LogP contribution is -2.24. The van der Waals surface area contributed by atoms with Crippen molar-refractivity contribution in [3.63, 3.8) is 0 Å². The highest BCUT2D eigenvalue weighted by atomic mass is 16.5. The van der Waals surface area contributed by atoms with Crippen LogP contribution < -0.4 is 14.8 Å². The SMILES string of the molecule is CCc1ccc(OCCn2c(CCCCCNC(=O)c3ccc(OC)cc3)nc3ccccc32)cc1. The van der Waals surface area contributed by atoms with Crippen molar-refractivity contribution in [3.05, 3.63) is 89.7 Å². The van der Waals surface area contributed by atoms with Gasteiger partial charge in [0.15, 0.2) is 0 Å². The summed E-state index contributed by atoms with van der Waals surface area (Å²) in [6.45, 7) is 4.16. The maximum absolute atomic E-state index is 12.3. The molecule has 0 bridgehead atoms. The molecule has 0 radical (unpaired) electrons. The summed E-state index contributed by atoms with van der Waals surface area (Å²) in [5, 5.41) is 3.00. The Morgan fingerprint density at radius 3 is 2.42 bits per heavy atom. The topological polar surface area (TPSA) is 65.4 Å². The van der Waals surface area contributed by atoms with E-state index in [1.54, 1.807) is 31.4 Å². The molecule has 0 atom stereocenters. The lowest BCUT2D eigenvalue weighted by atomic mass is 10.1. The second kappa shape index (κ2) is 12.8. The summed E-state index contributed by atoms with van der Waals surface area (Å²) in [5.74, 6) is 2.68. The van der Waals surface area contributed by atoms with Crippen molar-refractivity contribution >= 4 is 16.9 Å². The third kappa shape index (κ3) is 6.66. The van der Waals surface area contributed by atoms with E-state index in [-0.39, 0.29) is 5.91 Å². The Balaban J connectivity index is 1.25. The van der Waals surface area contributed by atoms with Gasteiger partial charge in [0.1, 0.15) is 23.9 Å². The molecule has 0 spiro atoms. The second-order valence-electron chi connectivity index (χ2n) is 8.81. The third-order valence-corrected chi connectivity index (χ3v) is 6.36. The predicted octanol–water partition coefficient (Wildman–Crippen LogP) is 5.83. The van der Waals surface area contributed by atoms with Gasteiger partial charge in [0.05, 0.1) is 24.7 Å². The average molecular weight is 486 g/mol. The van der Waals surface area contributed by atoms with Crippen molar-refractivity contribution in [2.45, 2.75) is 45.6 Å². The van der Waals surface area contributed by atoms with E-state index in [0.29, 0.717) is 18.7 Å². The summed E-state index contributed by atoms with van der Waals surface area (Å²) in [7, 11) is 1.62. The molecule has 0 saturated carbocycles. The van der Waals surface area contributed by atoms with E-state index in [9.17, 15) is 4.79 Å². The lowest BCUT2D eigenvalue weighted by Gasteiger charge is -2.11. The number of imidazole rings is 1. The molecule has 0 saturated heterocycles. The number of amides is 1. The van der Waals surface area contributed by atoms with Crippen LogP contribution in [-0.4, -0.2) is 35.7 Å². The van der Waals surface area contributed by atoms with Crippen molar-refractivity contribution < 1.29 is 14.3 Å². The monoisotopic (exact) mass is 485 g/mol. The number of nitrogens with zero attached hydrogens (tertiary/aromatic N) is 2. The first-order chi connectivity index (χ1) is 17.7. The fourth-order valence-electron chi connectivity index (χ4n) is 4.27. The molecule has 1 amide bonds. The van der Waals surface area contributed by atoms with E-state index in [4.69, 9.17) is 14.5 Å². The number of rotatable bonds is 13. The zero-order chi connectivity index (χ0) is 25.2. The summed E-state index contributed by atoms with van der Waals surface area (Å²) in [4.78, 5) is 17.2. The average Bonchev–Trinajstić information content (AvgIpc) is 3.28. The summed E-state index contributed by atoms with van der Waals surface area (Å²) in [5.41, 5.74) is 4.12. The molecule has 0 fully saturated rings. The molecule has 1 N–H and O–H groups in total. The van der Waals surface area contributed by atoms with E-state index in [1.165, 1.54) is 5.56 Å². The van der Waals surface area contributed by atoms with Gasteiger partial charge in [0, 0.05) is 18.5 Å². The number of unbranched alkanes of at least 4 members (excludes halogenated alkanes) is 2. The van der Waals surface area contributed by atoms with Crippen molar-refractivity contribution in [1.29, 1.82) is 0 Å². The molecule has 0 aliphatic rings. The van der Waals surface area contributed by atoms with Crippen molar-refractivity contribution in [2.75, 3.05) is 20.3 Å². The fourth-order valence-corrected chi connectivity index (χ4v) is 4.27. The van der Waals surface area contributed by atoms with Crippen LogP contribution in [0.4, 0.5) is 0 Å². The number of methoxy groups -OCH3 is 1. The first kappa shape index (κ1) is 25.3. The number of para-hydroxylation sites is 2. The van der Waals surface area contributed by atoms with E-state index in [1.807, 2.05) is 18.2 Å². The Morgan fingerprint density at radius 1 is 0.917 bits per heavy atom. The highest BCUT2D eigenvalue weighted by molar-refractivity contribution is 5.94. The predicted molar refractivity (Wildman–Crippen MR) is 144 cm³/mol. The molecule has 4 rings (SSSR count). The van der Waals surface area contributed by atoms with Crippen LogP contribution in [-0.2, 0) is 19.4 Å². The number of fused-ring (bicyclic) bond motifs is 1. The Kier molecular flexibility index (Phi) is 8.98. The standard InChI is InChI=1S/C30H35N3O3/c1-3-23-12-16-26(17-13-23)36-22-21-33-28-10-7-6-9-27(28)32-29(33)11-5-4-8-20-31-30(34)24-14-18-25(35-2)19-15-24/h6-7,9-10,12-19H,3-5,8,11,20-22H2,1-2H3,(H,31,34). The first-order valence-corrected chi connectivity index (χ1v) is 12.8. The van der Waals surface area contributed by atoms with Crippen LogP contribution in [0.2, 0.25) is 0 Å². The van der Waals surface area contributed by atoms with Gasteiger partial charge in [-0.1, -0.05) is 37.6 Å². The van der Waals surface area contributed by atoms with Crippen LogP contribution in [0.15, 0.2) is 72.8 Å². The Bertz CT molecular complexity index is 1250. The van der Waals surface area contributed by atoms with Gasteiger partial charge in [-0.25, -0.2) is 4.98 Å². The van der Waals surface area contributed by atoms with Gasteiger partial charge in [0.2, 0.25) is 0 Å². The Labute approximate surface area is 213 Å². The number of ether oxygens (including phenoxy) is 2. The van der Waals surface area contributed by atoms with E-state index in [0.717, 1.165) is 67.0 Å². The van der Waals surface area contributed by atoms with Crippen LogP contribution in [0, 0.1) is 0 Å². The normalized spacial score (nSPS) is 10.9. The van der Waals surface area contributed by atoms with E-state index >= 15 is 0 Å². The molecule has 6 nitrogen and oxygen atoms in total. The van der Waals surface area contributed by atoms with Crippen LogP contribution >= 0.6 is 0 Å². The van der Waals surface area contributed by atoms with Gasteiger partial charge in [-0.15, -0.1) is 0 Å². The van der Waals surface area contributed by atoms with Gasteiger partial charge in [-0.05, 0) is 73.4 Å². The summed E-state index contributed by atoms with van der Waals surface area (Å²) < 4.78 is 13.4. The zero-order valence-corrected chi connectivity index (χ0v) is 21.2. The maximum atomic E-state index is 12.3. The molecule has 4 aromatic rings. The van der Waals surface area contributed by atoms with Crippen LogP contribution in [0.25, 0.3) is 11.0 Å². The molecule has 1 heterocycles. The van der Waals surface area contributed by atoms with Crippen LogP contribution in [0.1, 0.15) is 47.9 Å². The molecular weight excluding hydrogens is 450 g/mol. The number of carbonyl (C=O) groups excluding carboxylic acids is 1. The molecular formula is C30H35N3O3. The number of hydrogen-bond donors (Lipinski definition) is 1. The molecule has 3 aromatic carbocycles. The van der Waals surface area contributed by atoms with Gasteiger partial charge in [0.25, 0.3) is 5.91 Å². The minimum atomic E-state index is -0.0521. The van der Waals surface area contributed by atoms with Gasteiger partial charge >= 0.3 is 0 Å². The van der Waals surface area contributed by atoms with Gasteiger partial charge in [-0.2, -0.15) is 0 Å². The smallest absolute Gasteiger partial charge is 0.251 e. The second-order valence-corrected chi connectivity index (χ2v) is 8.81. The largest absolute Gasteiger partial charge is 0.497 e. The zero-order valence-electron chi connectivity index (χ0n) is 21.2. The first-order valence-electron chi connectivity index (χ1n) is 12.8. The Hall–Kier alpha value is -3.80. The summed E-state index contributed by atoms with van der Waals surface area (Å²) in [6, 6.07) is 23.7. The number of aryl methyl sites for hydroxylation is 2. The lowest BCUT2D eigenvalue weighted by molar-refractivity contribution is 0.0953. The summed E-state index contributed by atoms with van der Waals surface area (Å²) in [6.07, 6.45) is 4.89. The molecule has 0 unspecified atom stereocenters. The minimum absolute atomic E-state index is 0.0521. The number of aromatic nitrogens is 2. The highest BCUT2D eigenvalue weighted by Gasteiger charge is 2.11. The fraction of sp³-hybridized carbons (Fsp3) is 0.333. The molecule has 36 heavy (non-hydrogen) atoms.